The van der Waals surface area contributed by atoms with Crippen molar-refractivity contribution in [2.75, 3.05) is 26.6 Å². The third kappa shape index (κ3) is 6.53. The summed E-state index contributed by atoms with van der Waals surface area (Å²) in [7, 11) is 4.69. The second-order valence-corrected chi connectivity index (χ2v) is 6.08. The van der Waals surface area contributed by atoms with E-state index in [1.54, 1.807) is 70.7 Å². The molecule has 0 aromatic heterocycles. The smallest absolute Gasteiger partial charge is 0.240 e. The second-order valence-electron chi connectivity index (χ2n) is 6.08. The van der Waals surface area contributed by atoms with E-state index in [1.165, 1.54) is 0 Å². The van der Waals surface area contributed by atoms with Crippen molar-refractivity contribution in [1.29, 1.82) is 0 Å². The van der Waals surface area contributed by atoms with Gasteiger partial charge >= 0.3 is 0 Å². The molecule has 0 spiro atoms. The number of nitrogens with one attached hydrogen (secondary N) is 2. The Hall–Kier alpha value is -3.55. The number of hydrazone groups is 1. The molecule has 0 radical (unpaired) electrons. The van der Waals surface area contributed by atoms with Crippen molar-refractivity contribution in [2.45, 2.75) is 19.8 Å². The number of anilines is 1. The van der Waals surface area contributed by atoms with Crippen LogP contribution in [-0.4, -0.2) is 38.9 Å². The fraction of sp³-hybridized carbons (Fsp3) is 0.286. The molecule has 0 saturated carbocycles. The number of carbonyl (C=O) groups excluding carboxylic acids is 2. The minimum absolute atomic E-state index is 0.0124. The molecule has 154 valence electrons. The first kappa shape index (κ1) is 21.7. The Labute approximate surface area is 169 Å². The summed E-state index contributed by atoms with van der Waals surface area (Å²) < 4.78 is 15.6. The summed E-state index contributed by atoms with van der Waals surface area (Å²) in [5, 5.41) is 6.82. The number of carbonyl (C=O) groups is 2. The number of ether oxygens (including phenoxy) is 3. The summed E-state index contributed by atoms with van der Waals surface area (Å²) in [5.41, 5.74) is 4.39. The van der Waals surface area contributed by atoms with Gasteiger partial charge in [-0.25, -0.2) is 5.43 Å². The molecule has 0 heterocycles. The van der Waals surface area contributed by atoms with Crippen molar-refractivity contribution in [1.82, 2.24) is 5.43 Å². The topological polar surface area (TPSA) is 98.2 Å². The number of hydrogen-bond acceptors (Lipinski definition) is 6. The Bertz CT molecular complexity index is 878. The molecule has 2 aromatic rings. The van der Waals surface area contributed by atoms with E-state index in [0.717, 1.165) is 5.56 Å². The van der Waals surface area contributed by atoms with E-state index in [1.807, 2.05) is 0 Å². The number of benzene rings is 2. The predicted octanol–water partition coefficient (Wildman–Crippen LogP) is 2.97. The first-order valence-corrected chi connectivity index (χ1v) is 8.96. The van der Waals surface area contributed by atoms with E-state index in [0.29, 0.717) is 28.6 Å². The van der Waals surface area contributed by atoms with Crippen LogP contribution in [0.1, 0.15) is 25.3 Å². The second kappa shape index (κ2) is 10.7. The van der Waals surface area contributed by atoms with Crippen LogP contribution >= 0.6 is 0 Å². The molecule has 2 aromatic carbocycles. The number of amides is 2. The predicted molar refractivity (Wildman–Crippen MR) is 111 cm³/mol. The molecule has 2 rings (SSSR count). The zero-order valence-corrected chi connectivity index (χ0v) is 16.9. The Morgan fingerprint density at radius 1 is 0.862 bits per heavy atom. The van der Waals surface area contributed by atoms with Gasteiger partial charge in [0.05, 0.1) is 27.0 Å². The van der Waals surface area contributed by atoms with Crippen LogP contribution < -0.4 is 25.0 Å². The van der Waals surface area contributed by atoms with E-state index < -0.39 is 0 Å². The molecule has 0 aliphatic heterocycles. The van der Waals surface area contributed by atoms with Gasteiger partial charge in [-0.2, -0.15) is 5.10 Å². The SMILES string of the molecule is COc1ccc(NC(=O)CCC(=O)N/N=C(\C)c2ccc(OC)cc2OC)cc1. The maximum atomic E-state index is 12.0. The molecule has 0 bridgehead atoms. The van der Waals surface area contributed by atoms with Crippen molar-refractivity contribution in [3.05, 3.63) is 48.0 Å². The number of hydrogen-bond donors (Lipinski definition) is 2. The van der Waals surface area contributed by atoms with Crippen molar-refractivity contribution >= 4 is 23.2 Å². The van der Waals surface area contributed by atoms with Gasteiger partial charge in [-0.3, -0.25) is 9.59 Å². The highest BCUT2D eigenvalue weighted by Crippen LogP contribution is 2.25. The van der Waals surface area contributed by atoms with Crippen LogP contribution in [0.4, 0.5) is 5.69 Å². The number of methoxy groups -OCH3 is 3. The molecular weight excluding hydrogens is 374 g/mol. The molecule has 8 nitrogen and oxygen atoms in total. The summed E-state index contributed by atoms with van der Waals surface area (Å²) in [5.74, 6) is 1.32. The van der Waals surface area contributed by atoms with Gasteiger partial charge in [0.25, 0.3) is 0 Å². The molecule has 0 aliphatic carbocycles. The average molecular weight is 399 g/mol. The lowest BCUT2D eigenvalue weighted by Gasteiger charge is -2.10. The van der Waals surface area contributed by atoms with Crippen LogP contribution in [0.2, 0.25) is 0 Å². The van der Waals surface area contributed by atoms with E-state index in [2.05, 4.69) is 15.8 Å². The van der Waals surface area contributed by atoms with Crippen molar-refractivity contribution in [3.63, 3.8) is 0 Å². The molecular formula is C21H25N3O5. The number of rotatable bonds is 9. The van der Waals surface area contributed by atoms with Gasteiger partial charge in [-0.1, -0.05) is 0 Å². The van der Waals surface area contributed by atoms with Gasteiger partial charge in [0, 0.05) is 30.2 Å². The molecule has 0 saturated heterocycles. The summed E-state index contributed by atoms with van der Waals surface area (Å²) in [6, 6.07) is 12.3. The van der Waals surface area contributed by atoms with Gasteiger partial charge in [0.15, 0.2) is 0 Å². The summed E-state index contributed by atoms with van der Waals surface area (Å²) >= 11 is 0. The normalized spacial score (nSPS) is 10.8. The first-order valence-electron chi connectivity index (χ1n) is 8.96. The fourth-order valence-electron chi connectivity index (χ4n) is 2.48. The van der Waals surface area contributed by atoms with E-state index in [9.17, 15) is 9.59 Å². The average Bonchev–Trinajstić information content (AvgIpc) is 2.76. The molecule has 29 heavy (non-hydrogen) atoms. The van der Waals surface area contributed by atoms with E-state index >= 15 is 0 Å². The Morgan fingerprint density at radius 2 is 1.48 bits per heavy atom. The van der Waals surface area contributed by atoms with Crippen molar-refractivity contribution in [3.8, 4) is 17.2 Å². The van der Waals surface area contributed by atoms with Gasteiger partial charge in [-0.05, 0) is 43.3 Å². The highest BCUT2D eigenvalue weighted by molar-refractivity contribution is 6.02. The minimum Gasteiger partial charge on any atom is -0.497 e. The van der Waals surface area contributed by atoms with E-state index in [4.69, 9.17) is 14.2 Å². The van der Waals surface area contributed by atoms with Crippen molar-refractivity contribution in [2.24, 2.45) is 5.10 Å². The van der Waals surface area contributed by atoms with Crippen LogP contribution in [0.3, 0.4) is 0 Å². The van der Waals surface area contributed by atoms with E-state index in [-0.39, 0.29) is 24.7 Å². The standard InChI is InChI=1S/C21H25N3O5/c1-14(18-10-9-17(28-3)13-19(18)29-4)23-24-21(26)12-11-20(25)22-15-5-7-16(27-2)8-6-15/h5-10,13H,11-12H2,1-4H3,(H,22,25)(H,24,26)/b23-14+. The van der Waals surface area contributed by atoms with Crippen molar-refractivity contribution < 1.29 is 23.8 Å². The highest BCUT2D eigenvalue weighted by Gasteiger charge is 2.10. The maximum Gasteiger partial charge on any atom is 0.240 e. The lowest BCUT2D eigenvalue weighted by atomic mass is 10.1. The summed E-state index contributed by atoms with van der Waals surface area (Å²) in [6.07, 6.45) is 0.0524. The Morgan fingerprint density at radius 3 is 2.10 bits per heavy atom. The largest absolute Gasteiger partial charge is 0.497 e. The Kier molecular flexibility index (Phi) is 8.02. The lowest BCUT2D eigenvalue weighted by molar-refractivity contribution is -0.124. The highest BCUT2D eigenvalue weighted by atomic mass is 16.5. The van der Waals surface area contributed by atoms with Gasteiger partial charge in [-0.15, -0.1) is 0 Å². The maximum absolute atomic E-state index is 12.0. The quantitative estimate of drug-likeness (QED) is 0.499. The first-order chi connectivity index (χ1) is 14.0. The fourth-order valence-corrected chi connectivity index (χ4v) is 2.48. The lowest BCUT2D eigenvalue weighted by Crippen LogP contribution is -2.21. The molecule has 0 unspecified atom stereocenters. The van der Waals surface area contributed by atoms with Crippen LogP contribution in [0.25, 0.3) is 0 Å². The zero-order valence-electron chi connectivity index (χ0n) is 16.9. The third-order valence-electron chi connectivity index (χ3n) is 4.10. The minimum atomic E-state index is -0.360. The molecule has 2 amide bonds. The summed E-state index contributed by atoms with van der Waals surface area (Å²) in [4.78, 5) is 24.0. The Balaban J connectivity index is 1.86. The van der Waals surface area contributed by atoms with Gasteiger partial charge in [0.1, 0.15) is 17.2 Å². The monoisotopic (exact) mass is 399 g/mol. The summed E-state index contributed by atoms with van der Waals surface area (Å²) in [6.45, 7) is 1.75. The van der Waals surface area contributed by atoms with Crippen LogP contribution in [0, 0.1) is 0 Å². The van der Waals surface area contributed by atoms with Gasteiger partial charge in [0.2, 0.25) is 11.8 Å². The molecule has 0 atom stereocenters. The number of nitrogens with zero attached hydrogens (tertiary/aromatic N) is 1. The van der Waals surface area contributed by atoms with Crippen LogP contribution in [0.5, 0.6) is 17.2 Å². The molecule has 0 aliphatic rings. The zero-order chi connectivity index (χ0) is 21.2. The van der Waals surface area contributed by atoms with Crippen LogP contribution in [-0.2, 0) is 9.59 Å². The molecule has 8 heteroatoms. The molecule has 0 fully saturated rings. The van der Waals surface area contributed by atoms with Crippen LogP contribution in [0.15, 0.2) is 47.6 Å². The van der Waals surface area contributed by atoms with Gasteiger partial charge < -0.3 is 19.5 Å². The molecule has 2 N–H and O–H groups in total. The third-order valence-corrected chi connectivity index (χ3v) is 4.10.